The molecule has 1 fully saturated rings. The summed E-state index contributed by atoms with van der Waals surface area (Å²) >= 11 is 3.35. The number of nitrogens with zero attached hydrogens (tertiary/aromatic N) is 1. The molecule has 0 saturated heterocycles. The van der Waals surface area contributed by atoms with Gasteiger partial charge in [0, 0.05) is 28.3 Å². The molecule has 0 radical (unpaired) electrons. The number of hydrogen-bond donors (Lipinski definition) is 1. The molecule has 0 spiro atoms. The molecule has 0 heterocycles. The summed E-state index contributed by atoms with van der Waals surface area (Å²) in [7, 11) is 0. The van der Waals surface area contributed by atoms with Gasteiger partial charge >= 0.3 is 0 Å². The Morgan fingerprint density at radius 1 is 1.50 bits per heavy atom. The van der Waals surface area contributed by atoms with Crippen LogP contribution in [0.15, 0.2) is 22.7 Å². The Labute approximate surface area is 102 Å². The van der Waals surface area contributed by atoms with Crippen molar-refractivity contribution in [3.8, 4) is 0 Å². The lowest BCUT2D eigenvalue weighted by atomic mass is 9.82. The van der Waals surface area contributed by atoms with E-state index in [1.54, 1.807) is 6.07 Å². The summed E-state index contributed by atoms with van der Waals surface area (Å²) in [5.74, 6) is 0.786. The molecular formula is C11H13BrN2O2. The first-order chi connectivity index (χ1) is 7.56. The zero-order chi connectivity index (χ0) is 11.7. The van der Waals surface area contributed by atoms with E-state index in [0.29, 0.717) is 6.04 Å². The Morgan fingerprint density at radius 2 is 2.19 bits per heavy atom. The van der Waals surface area contributed by atoms with Gasteiger partial charge in [-0.3, -0.25) is 10.1 Å². The highest BCUT2D eigenvalue weighted by molar-refractivity contribution is 9.10. The molecule has 0 atom stereocenters. The zero-order valence-corrected chi connectivity index (χ0v) is 10.5. The second kappa shape index (κ2) is 4.41. The van der Waals surface area contributed by atoms with Crippen LogP contribution in [0.5, 0.6) is 0 Å². The van der Waals surface area contributed by atoms with Gasteiger partial charge in [-0.2, -0.15) is 0 Å². The number of halogens is 1. The van der Waals surface area contributed by atoms with Crippen LogP contribution in [0, 0.1) is 16.0 Å². The fourth-order valence-electron chi connectivity index (χ4n) is 1.97. The second-order valence-corrected chi connectivity index (χ2v) is 5.19. The van der Waals surface area contributed by atoms with E-state index in [1.165, 1.54) is 25.0 Å². The van der Waals surface area contributed by atoms with Crippen LogP contribution in [0.25, 0.3) is 0 Å². The lowest BCUT2D eigenvalue weighted by Gasteiger charge is -2.34. The number of nitro groups is 1. The molecule has 4 nitrogen and oxygen atoms in total. The Balaban J connectivity index is 2.07. The van der Waals surface area contributed by atoms with Gasteiger partial charge < -0.3 is 5.32 Å². The third-order valence-corrected chi connectivity index (χ3v) is 3.55. The monoisotopic (exact) mass is 284 g/mol. The summed E-state index contributed by atoms with van der Waals surface area (Å²) in [4.78, 5) is 10.2. The highest BCUT2D eigenvalue weighted by Gasteiger charge is 2.25. The normalized spacial score (nSPS) is 23.6. The molecule has 1 N–H and O–H groups in total. The maximum absolute atomic E-state index is 10.6. The number of benzene rings is 1. The summed E-state index contributed by atoms with van der Waals surface area (Å²) < 4.78 is 0.751. The molecule has 0 amide bonds. The number of anilines is 1. The first-order valence-electron chi connectivity index (χ1n) is 5.26. The number of nitro benzene ring substituents is 1. The largest absolute Gasteiger partial charge is 0.381 e. The van der Waals surface area contributed by atoms with Crippen LogP contribution < -0.4 is 5.32 Å². The smallest absolute Gasteiger partial charge is 0.270 e. The van der Waals surface area contributed by atoms with Crippen molar-refractivity contribution in [2.24, 2.45) is 5.92 Å². The van der Waals surface area contributed by atoms with Crippen molar-refractivity contribution >= 4 is 27.3 Å². The molecule has 1 aromatic rings. The van der Waals surface area contributed by atoms with E-state index in [4.69, 9.17) is 0 Å². The van der Waals surface area contributed by atoms with Crippen molar-refractivity contribution in [1.29, 1.82) is 0 Å². The summed E-state index contributed by atoms with van der Waals surface area (Å²) in [5, 5.41) is 13.9. The van der Waals surface area contributed by atoms with Gasteiger partial charge in [0.2, 0.25) is 0 Å². The molecule has 16 heavy (non-hydrogen) atoms. The molecule has 86 valence electrons. The zero-order valence-electron chi connectivity index (χ0n) is 8.94. The number of hydrogen-bond acceptors (Lipinski definition) is 3. The summed E-state index contributed by atoms with van der Waals surface area (Å²) in [6, 6.07) is 5.32. The van der Waals surface area contributed by atoms with Crippen molar-refractivity contribution in [3.05, 3.63) is 32.8 Å². The number of nitrogens with one attached hydrogen (secondary N) is 1. The second-order valence-electron chi connectivity index (χ2n) is 4.34. The lowest BCUT2D eigenvalue weighted by Crippen LogP contribution is -2.33. The van der Waals surface area contributed by atoms with E-state index in [1.807, 2.05) is 0 Å². The van der Waals surface area contributed by atoms with Crippen LogP contribution in [-0.2, 0) is 0 Å². The van der Waals surface area contributed by atoms with Crippen molar-refractivity contribution in [2.45, 2.75) is 25.8 Å². The minimum absolute atomic E-state index is 0.111. The van der Waals surface area contributed by atoms with E-state index in [2.05, 4.69) is 28.2 Å². The molecule has 1 aliphatic rings. The maximum atomic E-state index is 10.6. The maximum Gasteiger partial charge on any atom is 0.270 e. The van der Waals surface area contributed by atoms with Crippen LogP contribution in [0.2, 0.25) is 0 Å². The minimum atomic E-state index is -0.389. The van der Waals surface area contributed by atoms with E-state index in [9.17, 15) is 10.1 Å². The standard InChI is InChI=1S/C11H13BrN2O2/c1-7-4-8(5-7)13-11-3-2-9(14(15)16)6-10(11)12/h2-3,6-8,13H,4-5H2,1H3. The fourth-order valence-corrected chi connectivity index (χ4v) is 2.46. The number of rotatable bonds is 3. The van der Waals surface area contributed by atoms with Gasteiger partial charge in [-0.15, -0.1) is 0 Å². The third-order valence-electron chi connectivity index (χ3n) is 2.90. The molecule has 0 aromatic heterocycles. The van der Waals surface area contributed by atoms with E-state index in [0.717, 1.165) is 16.1 Å². The topological polar surface area (TPSA) is 55.2 Å². The van der Waals surface area contributed by atoms with Crippen LogP contribution >= 0.6 is 15.9 Å². The molecule has 2 rings (SSSR count). The average Bonchev–Trinajstić information content (AvgIpc) is 2.18. The SMILES string of the molecule is CC1CC(Nc2ccc([N+](=O)[O-])cc2Br)C1. The van der Waals surface area contributed by atoms with E-state index < -0.39 is 0 Å². The van der Waals surface area contributed by atoms with Gasteiger partial charge in [0.15, 0.2) is 0 Å². The van der Waals surface area contributed by atoms with E-state index >= 15 is 0 Å². The predicted molar refractivity (Wildman–Crippen MR) is 66.6 cm³/mol. The molecule has 0 aliphatic heterocycles. The first-order valence-corrected chi connectivity index (χ1v) is 6.06. The van der Waals surface area contributed by atoms with Crippen LogP contribution in [0.4, 0.5) is 11.4 Å². The Morgan fingerprint density at radius 3 is 2.69 bits per heavy atom. The summed E-state index contributed by atoms with van der Waals surface area (Å²) in [6.07, 6.45) is 2.34. The third kappa shape index (κ3) is 2.35. The van der Waals surface area contributed by atoms with Gasteiger partial charge in [-0.05, 0) is 40.8 Å². The molecule has 1 aromatic carbocycles. The molecule has 1 saturated carbocycles. The van der Waals surface area contributed by atoms with Gasteiger partial charge in [0.1, 0.15) is 0 Å². The van der Waals surface area contributed by atoms with Gasteiger partial charge in [-0.25, -0.2) is 0 Å². The fraction of sp³-hybridized carbons (Fsp3) is 0.455. The van der Waals surface area contributed by atoms with Gasteiger partial charge in [-0.1, -0.05) is 6.92 Å². The average molecular weight is 285 g/mol. The Kier molecular flexibility index (Phi) is 3.14. The first kappa shape index (κ1) is 11.4. The predicted octanol–water partition coefficient (Wildman–Crippen LogP) is 3.57. The van der Waals surface area contributed by atoms with Crippen molar-refractivity contribution in [1.82, 2.24) is 0 Å². The number of non-ortho nitro benzene ring substituents is 1. The van der Waals surface area contributed by atoms with Gasteiger partial charge in [0.25, 0.3) is 5.69 Å². The minimum Gasteiger partial charge on any atom is -0.381 e. The van der Waals surface area contributed by atoms with Crippen LogP contribution in [-0.4, -0.2) is 11.0 Å². The van der Waals surface area contributed by atoms with E-state index in [-0.39, 0.29) is 10.6 Å². The molecule has 1 aliphatic carbocycles. The highest BCUT2D eigenvalue weighted by atomic mass is 79.9. The van der Waals surface area contributed by atoms with Gasteiger partial charge in [0.05, 0.1) is 4.92 Å². The quantitative estimate of drug-likeness (QED) is 0.682. The van der Waals surface area contributed by atoms with Crippen molar-refractivity contribution in [2.75, 3.05) is 5.32 Å². The van der Waals surface area contributed by atoms with Crippen LogP contribution in [0.1, 0.15) is 19.8 Å². The molecule has 5 heteroatoms. The molecular weight excluding hydrogens is 272 g/mol. The molecule has 0 bridgehead atoms. The lowest BCUT2D eigenvalue weighted by molar-refractivity contribution is -0.384. The highest BCUT2D eigenvalue weighted by Crippen LogP contribution is 2.33. The Bertz CT molecular complexity index is 416. The molecule has 0 unspecified atom stereocenters. The summed E-state index contributed by atoms with van der Waals surface area (Å²) in [6.45, 7) is 2.23. The summed E-state index contributed by atoms with van der Waals surface area (Å²) in [5.41, 5.74) is 1.04. The van der Waals surface area contributed by atoms with Crippen molar-refractivity contribution < 1.29 is 4.92 Å². The Hall–Kier alpha value is -1.10. The van der Waals surface area contributed by atoms with Crippen molar-refractivity contribution in [3.63, 3.8) is 0 Å². The van der Waals surface area contributed by atoms with Crippen LogP contribution in [0.3, 0.4) is 0 Å².